The molecule has 0 amide bonds. The van der Waals surface area contributed by atoms with Gasteiger partial charge in [-0.3, -0.25) is 4.90 Å². The van der Waals surface area contributed by atoms with Gasteiger partial charge in [0.15, 0.2) is 0 Å². The van der Waals surface area contributed by atoms with Crippen LogP contribution in [0.25, 0.3) is 10.8 Å². The Hall–Kier alpha value is -1.29. The molecule has 0 spiro atoms. The van der Waals surface area contributed by atoms with Gasteiger partial charge < -0.3 is 10.5 Å². The molecule has 4 rings (SSSR count). The summed E-state index contributed by atoms with van der Waals surface area (Å²) in [5.41, 5.74) is 6.20. The number of hydrogen-bond donors (Lipinski definition) is 1. The fraction of sp³-hybridized carbons (Fsp3) is 0.474. The fourth-order valence-corrected chi connectivity index (χ4v) is 4.13. The Morgan fingerprint density at radius 2 is 1.87 bits per heavy atom. The van der Waals surface area contributed by atoms with Crippen LogP contribution in [0.5, 0.6) is 5.75 Å². The molecule has 124 valence electrons. The van der Waals surface area contributed by atoms with Crippen molar-refractivity contribution in [2.24, 2.45) is 17.6 Å². The van der Waals surface area contributed by atoms with Crippen molar-refractivity contribution in [2.45, 2.75) is 18.9 Å². The van der Waals surface area contributed by atoms with Crippen LogP contribution in [0, 0.1) is 11.8 Å². The molecule has 2 fully saturated rings. The van der Waals surface area contributed by atoms with E-state index in [-0.39, 0.29) is 12.4 Å². The van der Waals surface area contributed by atoms with Crippen molar-refractivity contribution in [2.75, 3.05) is 26.2 Å². The first-order chi connectivity index (χ1) is 10.8. The minimum atomic E-state index is 0. The third-order valence-electron chi connectivity index (χ3n) is 5.39. The van der Waals surface area contributed by atoms with E-state index >= 15 is 0 Å². The van der Waals surface area contributed by atoms with Crippen LogP contribution in [0.4, 0.5) is 0 Å². The Morgan fingerprint density at radius 1 is 1.04 bits per heavy atom. The van der Waals surface area contributed by atoms with Gasteiger partial charge in [0, 0.05) is 25.7 Å². The Bertz CT molecular complexity index is 663. The van der Waals surface area contributed by atoms with Gasteiger partial charge in [0.1, 0.15) is 12.4 Å². The number of likely N-dealkylation sites (tertiary alicyclic amines) is 1. The molecule has 1 aliphatic heterocycles. The maximum atomic E-state index is 6.20. The van der Waals surface area contributed by atoms with Crippen molar-refractivity contribution in [1.29, 1.82) is 0 Å². The van der Waals surface area contributed by atoms with E-state index in [1.54, 1.807) is 0 Å². The first-order valence-corrected chi connectivity index (χ1v) is 8.39. The standard InChI is InChI=1S/C19H24N2O.ClH/c20-19-8-6-16-12-21(13-18(16)19)9-10-22-17-7-5-14-3-1-2-4-15(14)11-17;/h1-5,7,11,16,18-19H,6,8-10,12-13,20H2;1H. The van der Waals surface area contributed by atoms with Gasteiger partial charge in [-0.15, -0.1) is 12.4 Å². The number of ether oxygens (including phenoxy) is 1. The zero-order chi connectivity index (χ0) is 14.9. The largest absolute Gasteiger partial charge is 0.492 e. The Balaban J connectivity index is 0.00000156. The maximum absolute atomic E-state index is 6.20. The van der Waals surface area contributed by atoms with Crippen LogP contribution in [0.2, 0.25) is 0 Å². The normalized spacial score (nSPS) is 26.9. The lowest BCUT2D eigenvalue weighted by Crippen LogP contribution is -2.32. The van der Waals surface area contributed by atoms with E-state index in [4.69, 9.17) is 10.5 Å². The highest BCUT2D eigenvalue weighted by Crippen LogP contribution is 2.36. The summed E-state index contributed by atoms with van der Waals surface area (Å²) >= 11 is 0. The summed E-state index contributed by atoms with van der Waals surface area (Å²) in [5.74, 6) is 2.52. The van der Waals surface area contributed by atoms with Crippen LogP contribution in [0.15, 0.2) is 42.5 Å². The first kappa shape index (κ1) is 16.6. The van der Waals surface area contributed by atoms with E-state index in [9.17, 15) is 0 Å². The Kier molecular flexibility index (Phi) is 5.10. The molecule has 23 heavy (non-hydrogen) atoms. The SMILES string of the molecule is Cl.NC1CCC2CN(CCOc3ccc4ccccc4c3)CC12. The molecule has 1 heterocycles. The topological polar surface area (TPSA) is 38.5 Å². The molecular formula is C19H25ClN2O. The molecule has 1 saturated carbocycles. The summed E-state index contributed by atoms with van der Waals surface area (Å²) in [6.07, 6.45) is 2.53. The van der Waals surface area contributed by atoms with Gasteiger partial charge in [-0.05, 0) is 47.6 Å². The third-order valence-corrected chi connectivity index (χ3v) is 5.39. The molecule has 1 saturated heterocycles. The van der Waals surface area contributed by atoms with E-state index < -0.39 is 0 Å². The van der Waals surface area contributed by atoms with Crippen molar-refractivity contribution >= 4 is 23.2 Å². The van der Waals surface area contributed by atoms with Gasteiger partial charge in [0.2, 0.25) is 0 Å². The molecule has 2 N–H and O–H groups in total. The summed E-state index contributed by atoms with van der Waals surface area (Å²) < 4.78 is 5.95. The molecule has 3 unspecified atom stereocenters. The number of nitrogens with zero attached hydrogens (tertiary/aromatic N) is 1. The quantitative estimate of drug-likeness (QED) is 0.933. The second-order valence-corrected chi connectivity index (χ2v) is 6.78. The second kappa shape index (κ2) is 7.08. The number of hydrogen-bond acceptors (Lipinski definition) is 3. The lowest BCUT2D eigenvalue weighted by molar-refractivity contribution is 0.226. The molecular weight excluding hydrogens is 308 g/mol. The van der Waals surface area contributed by atoms with Crippen LogP contribution in [-0.2, 0) is 0 Å². The van der Waals surface area contributed by atoms with E-state index in [0.717, 1.165) is 37.3 Å². The predicted octanol–water partition coefficient (Wildman–Crippen LogP) is 3.31. The Labute approximate surface area is 144 Å². The molecule has 0 radical (unpaired) electrons. The summed E-state index contributed by atoms with van der Waals surface area (Å²) in [6.45, 7) is 4.13. The van der Waals surface area contributed by atoms with Gasteiger partial charge in [-0.1, -0.05) is 30.3 Å². The third kappa shape index (κ3) is 3.47. The highest BCUT2D eigenvalue weighted by Gasteiger charge is 2.40. The lowest BCUT2D eigenvalue weighted by atomic mass is 9.98. The van der Waals surface area contributed by atoms with Crippen molar-refractivity contribution in [1.82, 2.24) is 4.90 Å². The summed E-state index contributed by atoms with van der Waals surface area (Å²) in [5, 5.41) is 2.50. The summed E-state index contributed by atoms with van der Waals surface area (Å²) in [7, 11) is 0. The highest BCUT2D eigenvalue weighted by atomic mass is 35.5. The first-order valence-electron chi connectivity index (χ1n) is 8.39. The van der Waals surface area contributed by atoms with Crippen LogP contribution in [-0.4, -0.2) is 37.2 Å². The van der Waals surface area contributed by atoms with Crippen LogP contribution in [0.3, 0.4) is 0 Å². The van der Waals surface area contributed by atoms with Crippen LogP contribution in [0.1, 0.15) is 12.8 Å². The van der Waals surface area contributed by atoms with Crippen molar-refractivity contribution in [3.8, 4) is 5.75 Å². The van der Waals surface area contributed by atoms with Gasteiger partial charge in [-0.2, -0.15) is 0 Å². The average Bonchev–Trinajstić information content (AvgIpc) is 3.09. The van der Waals surface area contributed by atoms with E-state index in [1.165, 1.54) is 30.2 Å². The molecule has 3 atom stereocenters. The molecule has 4 heteroatoms. The minimum absolute atomic E-state index is 0. The van der Waals surface area contributed by atoms with E-state index in [0.29, 0.717) is 6.04 Å². The van der Waals surface area contributed by atoms with Crippen molar-refractivity contribution < 1.29 is 4.74 Å². The Morgan fingerprint density at radius 3 is 2.70 bits per heavy atom. The van der Waals surface area contributed by atoms with Gasteiger partial charge >= 0.3 is 0 Å². The van der Waals surface area contributed by atoms with Crippen LogP contribution >= 0.6 is 12.4 Å². The highest BCUT2D eigenvalue weighted by molar-refractivity contribution is 5.85. The summed E-state index contributed by atoms with van der Waals surface area (Å²) in [6, 6.07) is 15.1. The number of nitrogens with two attached hydrogens (primary N) is 1. The molecule has 0 aromatic heterocycles. The number of rotatable bonds is 4. The molecule has 2 aromatic carbocycles. The smallest absolute Gasteiger partial charge is 0.120 e. The molecule has 1 aliphatic carbocycles. The second-order valence-electron chi connectivity index (χ2n) is 6.78. The summed E-state index contributed by atoms with van der Waals surface area (Å²) in [4.78, 5) is 2.52. The fourth-order valence-electron chi connectivity index (χ4n) is 4.13. The van der Waals surface area contributed by atoms with Crippen molar-refractivity contribution in [3.05, 3.63) is 42.5 Å². The lowest BCUT2D eigenvalue weighted by Gasteiger charge is -2.18. The van der Waals surface area contributed by atoms with E-state index in [1.807, 2.05) is 0 Å². The monoisotopic (exact) mass is 332 g/mol. The zero-order valence-corrected chi connectivity index (χ0v) is 14.2. The molecule has 3 nitrogen and oxygen atoms in total. The minimum Gasteiger partial charge on any atom is -0.492 e. The molecule has 2 aromatic rings. The average molecular weight is 333 g/mol. The number of halogens is 1. The predicted molar refractivity (Wildman–Crippen MR) is 97.3 cm³/mol. The van der Waals surface area contributed by atoms with Gasteiger partial charge in [-0.25, -0.2) is 0 Å². The zero-order valence-electron chi connectivity index (χ0n) is 13.4. The maximum Gasteiger partial charge on any atom is 0.120 e. The molecule has 2 aliphatic rings. The molecule has 0 bridgehead atoms. The number of fused-ring (bicyclic) bond motifs is 2. The number of benzene rings is 2. The van der Waals surface area contributed by atoms with Crippen molar-refractivity contribution in [3.63, 3.8) is 0 Å². The van der Waals surface area contributed by atoms with Gasteiger partial charge in [0.05, 0.1) is 0 Å². The van der Waals surface area contributed by atoms with Gasteiger partial charge in [0.25, 0.3) is 0 Å². The van der Waals surface area contributed by atoms with E-state index in [2.05, 4.69) is 47.4 Å². The van der Waals surface area contributed by atoms with Crippen LogP contribution < -0.4 is 10.5 Å².